The topological polar surface area (TPSA) is 61.8 Å². The second-order valence-corrected chi connectivity index (χ2v) is 9.61. The van der Waals surface area contributed by atoms with E-state index in [4.69, 9.17) is 9.47 Å². The van der Waals surface area contributed by atoms with Crippen LogP contribution in [0.2, 0.25) is 0 Å². The number of fused-ring (bicyclic) bond motifs is 3. The second-order valence-electron chi connectivity index (χ2n) is 8.47. The quantitative estimate of drug-likeness (QED) is 0.193. The van der Waals surface area contributed by atoms with E-state index in [0.29, 0.717) is 16.9 Å². The van der Waals surface area contributed by atoms with Crippen molar-refractivity contribution in [1.29, 1.82) is 0 Å². The van der Waals surface area contributed by atoms with E-state index in [9.17, 15) is 9.90 Å². The molecule has 6 heteroatoms. The number of nitrogens with zero attached hydrogens (tertiary/aromatic N) is 1. The molecule has 5 rings (SSSR count). The molecule has 0 spiro atoms. The standard InChI is InChI=1S/C19H22NO4.C9H6S/c1-13(20(3)4)23-17-9-5-15(6-10-17)19(22)16-7-11-18(12-8-16)24-14(2)21;1-2-4-8-6(3-1)7-5-9(7)10-8/h5-13,19H,1-4H3;1-4H,5H2/q-1;. The Kier molecular flexibility index (Phi) is 7.32. The first-order valence-corrected chi connectivity index (χ1v) is 12.0. The van der Waals surface area contributed by atoms with Gasteiger partial charge in [0.15, 0.2) is 0 Å². The van der Waals surface area contributed by atoms with Gasteiger partial charge in [-0.1, -0.05) is 59.7 Å². The van der Waals surface area contributed by atoms with Gasteiger partial charge < -0.3 is 14.6 Å². The van der Waals surface area contributed by atoms with Crippen LogP contribution in [0.4, 0.5) is 0 Å². The third kappa shape index (κ3) is 5.83. The number of ether oxygens (including phenoxy) is 2. The Morgan fingerprint density at radius 2 is 1.53 bits per heavy atom. The van der Waals surface area contributed by atoms with E-state index in [2.05, 4.69) is 24.3 Å². The predicted molar refractivity (Wildman–Crippen MR) is 134 cm³/mol. The molecule has 0 radical (unpaired) electrons. The maximum absolute atomic E-state index is 12.5. The zero-order chi connectivity index (χ0) is 24.2. The predicted octanol–water partition coefficient (Wildman–Crippen LogP) is 5.15. The minimum Gasteiger partial charge on any atom is -0.845 e. The molecule has 176 valence electrons. The van der Waals surface area contributed by atoms with Crippen molar-refractivity contribution in [2.24, 2.45) is 0 Å². The Bertz CT molecular complexity index is 1260. The molecule has 0 amide bonds. The van der Waals surface area contributed by atoms with Crippen LogP contribution in [-0.2, 0) is 11.2 Å². The lowest BCUT2D eigenvalue weighted by molar-refractivity contribution is -0.411. The van der Waals surface area contributed by atoms with Crippen molar-refractivity contribution >= 4 is 27.4 Å². The van der Waals surface area contributed by atoms with E-state index >= 15 is 0 Å². The number of esters is 1. The van der Waals surface area contributed by atoms with Crippen LogP contribution in [0.3, 0.4) is 0 Å². The van der Waals surface area contributed by atoms with E-state index in [1.54, 1.807) is 59.0 Å². The molecule has 3 aromatic carbocycles. The van der Waals surface area contributed by atoms with Crippen molar-refractivity contribution in [2.45, 2.75) is 32.6 Å². The molecule has 1 aliphatic carbocycles. The zero-order valence-electron chi connectivity index (χ0n) is 19.8. The zero-order valence-corrected chi connectivity index (χ0v) is 20.6. The Balaban J connectivity index is 0.000000222. The van der Waals surface area contributed by atoms with Gasteiger partial charge in [0.25, 0.3) is 0 Å². The van der Waals surface area contributed by atoms with Crippen LogP contribution < -0.4 is 14.6 Å². The summed E-state index contributed by atoms with van der Waals surface area (Å²) in [6, 6.07) is 22.4. The first kappa shape index (κ1) is 24.0. The van der Waals surface area contributed by atoms with Crippen LogP contribution in [0.25, 0.3) is 10.1 Å². The first-order chi connectivity index (χ1) is 16.3. The van der Waals surface area contributed by atoms with Gasteiger partial charge >= 0.3 is 5.97 Å². The highest BCUT2D eigenvalue weighted by molar-refractivity contribution is 7.20. The maximum atomic E-state index is 12.5. The summed E-state index contributed by atoms with van der Waals surface area (Å²) in [7, 11) is 3.87. The largest absolute Gasteiger partial charge is 0.845 e. The number of carbonyl (C=O) groups excluding carboxylic acids is 1. The van der Waals surface area contributed by atoms with Gasteiger partial charge in [0.1, 0.15) is 17.7 Å². The maximum Gasteiger partial charge on any atom is 0.308 e. The summed E-state index contributed by atoms with van der Waals surface area (Å²) in [5.41, 5.74) is 2.86. The molecule has 0 bridgehead atoms. The first-order valence-electron chi connectivity index (χ1n) is 11.2. The average Bonchev–Trinajstić information content (AvgIpc) is 3.50. The van der Waals surface area contributed by atoms with Crippen LogP contribution in [0.15, 0.2) is 72.8 Å². The highest BCUT2D eigenvalue weighted by Crippen LogP contribution is 2.42. The smallest absolute Gasteiger partial charge is 0.308 e. The van der Waals surface area contributed by atoms with E-state index in [1.165, 1.54) is 23.4 Å². The summed E-state index contributed by atoms with van der Waals surface area (Å²) in [6.45, 7) is 3.29. The van der Waals surface area contributed by atoms with Gasteiger partial charge in [-0.25, -0.2) is 0 Å². The lowest BCUT2D eigenvalue weighted by Gasteiger charge is -2.25. The SMILES string of the molecule is CC(=O)Oc1ccc(C([O-])c2ccc(OC(C)N(C)C)cc2)cc1.c1ccc2c3c(sc2c1)C3. The van der Waals surface area contributed by atoms with Crippen LogP contribution in [0, 0.1) is 0 Å². The molecular weight excluding hydrogens is 446 g/mol. The number of rotatable bonds is 6. The highest BCUT2D eigenvalue weighted by Gasteiger charge is 2.22. The molecule has 1 aromatic heterocycles. The molecule has 0 saturated carbocycles. The Morgan fingerprint density at radius 3 is 2.09 bits per heavy atom. The minimum atomic E-state index is -1.00. The molecule has 0 aliphatic heterocycles. The minimum absolute atomic E-state index is 0.0484. The fourth-order valence-electron chi connectivity index (χ4n) is 3.49. The third-order valence-electron chi connectivity index (χ3n) is 5.66. The van der Waals surface area contributed by atoms with Crippen molar-refractivity contribution in [1.82, 2.24) is 4.90 Å². The van der Waals surface area contributed by atoms with Crippen molar-refractivity contribution in [3.8, 4) is 11.5 Å². The monoisotopic (exact) mass is 474 g/mol. The summed E-state index contributed by atoms with van der Waals surface area (Å²) in [5.74, 6) is 0.765. The molecule has 4 aromatic rings. The van der Waals surface area contributed by atoms with Gasteiger partial charge in [-0.05, 0) is 62.3 Å². The molecule has 1 aliphatic rings. The van der Waals surface area contributed by atoms with Gasteiger partial charge in [0.05, 0.1) is 0 Å². The second kappa shape index (κ2) is 10.4. The van der Waals surface area contributed by atoms with E-state index in [0.717, 1.165) is 5.75 Å². The molecular formula is C28H28NO4S-. The number of thiophene rings is 1. The Morgan fingerprint density at radius 1 is 0.941 bits per heavy atom. The molecule has 2 atom stereocenters. The summed E-state index contributed by atoms with van der Waals surface area (Å²) >= 11 is 1.94. The molecule has 2 unspecified atom stereocenters. The summed E-state index contributed by atoms with van der Waals surface area (Å²) in [6.07, 6.45) is 0.214. The number of hydrogen-bond acceptors (Lipinski definition) is 6. The van der Waals surface area contributed by atoms with Gasteiger partial charge in [-0.3, -0.25) is 9.69 Å². The molecule has 1 heterocycles. The number of carbonyl (C=O) groups is 1. The molecule has 0 saturated heterocycles. The van der Waals surface area contributed by atoms with Crippen LogP contribution in [-0.4, -0.2) is 31.2 Å². The van der Waals surface area contributed by atoms with E-state index in [-0.39, 0.29) is 12.2 Å². The lowest BCUT2D eigenvalue weighted by Crippen LogP contribution is -2.30. The summed E-state index contributed by atoms with van der Waals surface area (Å²) < 4.78 is 12.2. The van der Waals surface area contributed by atoms with Crippen molar-refractivity contribution in [3.63, 3.8) is 0 Å². The normalized spacial score (nSPS) is 13.5. The molecule has 0 N–H and O–H groups in total. The number of benzene rings is 3. The van der Waals surface area contributed by atoms with Crippen LogP contribution in [0.5, 0.6) is 11.5 Å². The fraction of sp³-hybridized carbons (Fsp3) is 0.250. The van der Waals surface area contributed by atoms with Gasteiger partial charge in [0, 0.05) is 22.9 Å². The fourth-order valence-corrected chi connectivity index (χ4v) is 4.65. The number of hydrogen-bond donors (Lipinski definition) is 0. The average molecular weight is 475 g/mol. The lowest BCUT2D eigenvalue weighted by atomic mass is 10.0. The van der Waals surface area contributed by atoms with E-state index in [1.807, 2.05) is 37.3 Å². The van der Waals surface area contributed by atoms with Gasteiger partial charge in [0.2, 0.25) is 0 Å². The van der Waals surface area contributed by atoms with Crippen molar-refractivity contribution in [2.75, 3.05) is 14.1 Å². The molecule has 0 fully saturated rings. The highest BCUT2D eigenvalue weighted by atomic mass is 32.1. The third-order valence-corrected chi connectivity index (χ3v) is 6.87. The molecule has 34 heavy (non-hydrogen) atoms. The summed E-state index contributed by atoms with van der Waals surface area (Å²) in [5, 5.41) is 14.0. The van der Waals surface area contributed by atoms with Crippen molar-refractivity contribution in [3.05, 3.63) is 94.4 Å². The van der Waals surface area contributed by atoms with Gasteiger partial charge in [-0.15, -0.1) is 11.3 Å². The Hall–Kier alpha value is -3.19. The van der Waals surface area contributed by atoms with E-state index < -0.39 is 6.10 Å². The van der Waals surface area contributed by atoms with Crippen molar-refractivity contribution < 1.29 is 19.4 Å². The molecule has 5 nitrogen and oxygen atoms in total. The van der Waals surface area contributed by atoms with Crippen LogP contribution in [0.1, 0.15) is 41.5 Å². The summed E-state index contributed by atoms with van der Waals surface area (Å²) in [4.78, 5) is 14.5. The van der Waals surface area contributed by atoms with Gasteiger partial charge in [-0.2, -0.15) is 0 Å². The van der Waals surface area contributed by atoms with Crippen LogP contribution >= 0.6 is 11.3 Å². The Labute approximate surface area is 204 Å².